The van der Waals surface area contributed by atoms with Crippen LogP contribution in [0.3, 0.4) is 0 Å². The number of fused-ring (bicyclic) bond motifs is 1. The van der Waals surface area contributed by atoms with Gasteiger partial charge in [-0.25, -0.2) is 4.79 Å². The first-order chi connectivity index (χ1) is 21.7. The van der Waals surface area contributed by atoms with Crippen molar-refractivity contribution >= 4 is 29.2 Å². The van der Waals surface area contributed by atoms with E-state index in [-0.39, 0.29) is 36.8 Å². The lowest BCUT2D eigenvalue weighted by atomic mass is 9.77. The minimum absolute atomic E-state index is 0.0992. The molecule has 0 aliphatic carbocycles. The number of rotatable bonds is 11. The zero-order valence-corrected chi connectivity index (χ0v) is 25.7. The summed E-state index contributed by atoms with van der Waals surface area (Å²) in [6.45, 7) is -0.153. The van der Waals surface area contributed by atoms with Crippen LogP contribution >= 0.6 is 11.6 Å². The van der Waals surface area contributed by atoms with Gasteiger partial charge in [0.2, 0.25) is 23.8 Å². The summed E-state index contributed by atoms with van der Waals surface area (Å²) in [5.74, 6) is -0.396. The highest BCUT2D eigenvalue weighted by Gasteiger charge is 2.52. The number of nitrogens with one attached hydrogen (secondary N) is 1. The van der Waals surface area contributed by atoms with Gasteiger partial charge in [-0.15, -0.1) is 0 Å². The average molecular weight is 635 g/mol. The van der Waals surface area contributed by atoms with E-state index in [4.69, 9.17) is 35.3 Å². The van der Waals surface area contributed by atoms with E-state index in [1.54, 1.807) is 85.8 Å². The van der Waals surface area contributed by atoms with Crippen LogP contribution in [0.1, 0.15) is 16.7 Å². The molecular weight excluding hydrogens is 604 g/mol. The number of hydrogen-bond acceptors (Lipinski definition) is 10. The number of carbonyl (C=O) groups excluding carboxylic acids is 1. The van der Waals surface area contributed by atoms with Gasteiger partial charge >= 0.3 is 12.0 Å². The molecule has 45 heavy (non-hydrogen) atoms. The zero-order valence-electron chi connectivity index (χ0n) is 24.9. The van der Waals surface area contributed by atoms with Gasteiger partial charge in [0, 0.05) is 22.3 Å². The first kappa shape index (κ1) is 31.4. The van der Waals surface area contributed by atoms with Crippen LogP contribution in [-0.4, -0.2) is 68.0 Å². The Morgan fingerprint density at radius 3 is 2.16 bits per heavy atom. The third-order valence-electron chi connectivity index (χ3n) is 7.39. The molecule has 3 aromatic carbocycles. The van der Waals surface area contributed by atoms with Crippen molar-refractivity contribution in [2.45, 2.75) is 18.2 Å². The number of carboxylic acids is 1. The molecule has 2 atom stereocenters. The van der Waals surface area contributed by atoms with Crippen molar-refractivity contribution < 1.29 is 38.4 Å². The second kappa shape index (κ2) is 13.3. The summed E-state index contributed by atoms with van der Waals surface area (Å²) in [5, 5.41) is 14.4. The van der Waals surface area contributed by atoms with E-state index in [9.17, 15) is 14.7 Å². The van der Waals surface area contributed by atoms with Gasteiger partial charge in [-0.3, -0.25) is 10.1 Å². The number of methoxy groups -OCH3 is 4. The van der Waals surface area contributed by atoms with E-state index in [2.05, 4.69) is 15.3 Å². The first-order valence-corrected chi connectivity index (χ1v) is 14.1. The molecule has 4 aromatic rings. The molecule has 234 valence electrons. The van der Waals surface area contributed by atoms with Gasteiger partial charge < -0.3 is 33.7 Å². The molecule has 1 unspecified atom stereocenters. The van der Waals surface area contributed by atoms with Crippen LogP contribution in [0, 0.1) is 0 Å². The van der Waals surface area contributed by atoms with Gasteiger partial charge in [-0.2, -0.15) is 9.97 Å². The van der Waals surface area contributed by atoms with Crippen molar-refractivity contribution in [3.63, 3.8) is 0 Å². The van der Waals surface area contributed by atoms with Crippen molar-refractivity contribution in [3.8, 4) is 29.3 Å². The minimum Gasteiger partial charge on any atom is -0.497 e. The van der Waals surface area contributed by atoms with Gasteiger partial charge in [-0.1, -0.05) is 41.9 Å². The van der Waals surface area contributed by atoms with Crippen molar-refractivity contribution in [2.75, 3.05) is 39.9 Å². The lowest BCUT2D eigenvalue weighted by Gasteiger charge is -2.39. The van der Waals surface area contributed by atoms with Gasteiger partial charge in [0.25, 0.3) is 0 Å². The number of hydrogen-bond donors (Lipinski definition) is 2. The number of amides is 1. The summed E-state index contributed by atoms with van der Waals surface area (Å²) in [7, 11) is 5.88. The average Bonchev–Trinajstić information content (AvgIpc) is 3.17. The second-order valence-electron chi connectivity index (χ2n) is 9.96. The fourth-order valence-corrected chi connectivity index (χ4v) is 5.50. The second-order valence-corrected chi connectivity index (χ2v) is 10.4. The van der Waals surface area contributed by atoms with E-state index in [0.29, 0.717) is 33.3 Å². The van der Waals surface area contributed by atoms with Crippen LogP contribution in [0.25, 0.3) is 0 Å². The van der Waals surface area contributed by atoms with E-state index < -0.39 is 17.6 Å². The van der Waals surface area contributed by atoms with Crippen molar-refractivity contribution in [1.82, 2.24) is 15.3 Å². The summed E-state index contributed by atoms with van der Waals surface area (Å²) in [4.78, 5) is 37.1. The van der Waals surface area contributed by atoms with Crippen LogP contribution < -0.4 is 33.9 Å². The van der Waals surface area contributed by atoms with Crippen LogP contribution in [0.2, 0.25) is 5.02 Å². The molecule has 1 amide bonds. The van der Waals surface area contributed by atoms with E-state index in [1.807, 2.05) is 0 Å². The van der Waals surface area contributed by atoms with Crippen molar-refractivity contribution in [1.29, 1.82) is 0 Å². The Kier molecular flexibility index (Phi) is 9.26. The molecule has 0 bridgehead atoms. The van der Waals surface area contributed by atoms with Gasteiger partial charge in [0.1, 0.15) is 17.0 Å². The number of ether oxygens (including phenoxy) is 5. The SMILES string of the molecule is COc1cc(CN2C(=O)CN[C@](c3ccccc3)(C(Oc3nc(OC)cc(OC)n3)C(=O)O)c3cc(Cl)ccc32)cc(OC)c1. The molecule has 0 fully saturated rings. The molecule has 1 aliphatic rings. The largest absolute Gasteiger partial charge is 0.497 e. The summed E-state index contributed by atoms with van der Waals surface area (Å²) in [6, 6.07) is 20.2. The molecule has 2 heterocycles. The molecular formula is C32H31ClN4O8. The molecule has 5 rings (SSSR count). The molecule has 0 saturated carbocycles. The van der Waals surface area contributed by atoms with Crippen LogP contribution in [0.15, 0.2) is 72.8 Å². The number of carbonyl (C=O) groups is 2. The monoisotopic (exact) mass is 634 g/mol. The Bertz CT molecular complexity index is 1660. The van der Waals surface area contributed by atoms with E-state index in [1.165, 1.54) is 20.3 Å². The first-order valence-electron chi connectivity index (χ1n) is 13.7. The predicted octanol–water partition coefficient (Wildman–Crippen LogP) is 4.08. The zero-order chi connectivity index (χ0) is 32.1. The lowest BCUT2D eigenvalue weighted by Crippen LogP contribution is -2.58. The number of halogens is 1. The molecule has 0 spiro atoms. The quantitative estimate of drug-likeness (QED) is 0.246. The van der Waals surface area contributed by atoms with Gasteiger partial charge in [-0.05, 0) is 41.5 Å². The topological polar surface area (TPSA) is 142 Å². The highest BCUT2D eigenvalue weighted by molar-refractivity contribution is 6.30. The maximum atomic E-state index is 13.9. The Balaban J connectivity index is 1.73. The number of anilines is 1. The Morgan fingerprint density at radius 1 is 0.933 bits per heavy atom. The summed E-state index contributed by atoms with van der Waals surface area (Å²) in [6.07, 6.45) is -1.72. The lowest BCUT2D eigenvalue weighted by molar-refractivity contribution is -0.149. The number of nitrogens with zero attached hydrogens (tertiary/aromatic N) is 3. The molecule has 0 saturated heterocycles. The normalized spacial score (nSPS) is 16.6. The van der Waals surface area contributed by atoms with Crippen molar-refractivity contribution in [2.24, 2.45) is 0 Å². The highest BCUT2D eigenvalue weighted by Crippen LogP contribution is 2.44. The number of carboxylic acid groups (broad SMARTS) is 1. The Morgan fingerprint density at radius 2 is 1.58 bits per heavy atom. The maximum Gasteiger partial charge on any atom is 0.347 e. The number of aliphatic carboxylic acids is 1. The predicted molar refractivity (Wildman–Crippen MR) is 165 cm³/mol. The molecule has 1 aliphatic heterocycles. The number of aromatic nitrogens is 2. The van der Waals surface area contributed by atoms with E-state index in [0.717, 1.165) is 5.56 Å². The Hall–Kier alpha value is -5.07. The molecule has 13 heteroatoms. The van der Waals surface area contributed by atoms with E-state index >= 15 is 0 Å². The smallest absolute Gasteiger partial charge is 0.347 e. The number of benzene rings is 3. The summed E-state index contributed by atoms with van der Waals surface area (Å²) < 4.78 is 27.5. The van der Waals surface area contributed by atoms with Gasteiger partial charge in [0.05, 0.1) is 47.6 Å². The highest BCUT2D eigenvalue weighted by atomic mass is 35.5. The molecule has 1 aromatic heterocycles. The third-order valence-corrected chi connectivity index (χ3v) is 7.63. The summed E-state index contributed by atoms with van der Waals surface area (Å²) in [5.41, 5.74) is 0.330. The van der Waals surface area contributed by atoms with Crippen LogP contribution in [0.4, 0.5) is 5.69 Å². The summed E-state index contributed by atoms with van der Waals surface area (Å²) >= 11 is 6.58. The minimum atomic E-state index is -1.72. The van der Waals surface area contributed by atoms with Crippen LogP contribution in [0.5, 0.6) is 29.3 Å². The van der Waals surface area contributed by atoms with Crippen LogP contribution in [-0.2, 0) is 21.7 Å². The van der Waals surface area contributed by atoms with Crippen molar-refractivity contribution in [3.05, 3.63) is 94.5 Å². The molecule has 12 nitrogen and oxygen atoms in total. The third kappa shape index (κ3) is 6.28. The molecule has 0 radical (unpaired) electrons. The Labute approximate surface area is 264 Å². The maximum absolute atomic E-state index is 13.9. The standard InChI is InChI=1S/C32H31ClN4O8/c1-41-22-12-19(13-23(15-22)42-2)18-37-25-11-10-21(33)14-24(25)32(34-17-28(37)38,20-8-6-5-7-9-20)29(30(39)40)45-31-35-26(43-3)16-27(36-31)44-4/h5-16,29,34H,17-18H2,1-4H3,(H,39,40)/t29?,32-/m0/s1. The fraction of sp³-hybridized carbons (Fsp3) is 0.250. The fourth-order valence-electron chi connectivity index (χ4n) is 5.33. The van der Waals surface area contributed by atoms with Gasteiger partial charge in [0.15, 0.2) is 0 Å². The molecule has 2 N–H and O–H groups in total.